The molecule has 0 unspecified atom stereocenters. The minimum atomic E-state index is -3.00. The van der Waals surface area contributed by atoms with Crippen LogP contribution in [-0.4, -0.2) is 25.0 Å². The van der Waals surface area contributed by atoms with Gasteiger partial charge in [-0.25, -0.2) is 4.79 Å². The van der Waals surface area contributed by atoms with Crippen LogP contribution >= 0.6 is 6.49 Å². The van der Waals surface area contributed by atoms with Crippen LogP contribution in [0.15, 0.2) is 0 Å². The lowest BCUT2D eigenvalue weighted by molar-refractivity contribution is 0.209. The third kappa shape index (κ3) is 2.02. The molecule has 0 aromatic rings. The standard InChI is InChI=1S/C3H7O4PS/c1-6-8(9,7-2)3(4)5/h1-2H3,(H,4,5). The summed E-state index contributed by atoms with van der Waals surface area (Å²) >= 11 is 4.50. The molecule has 0 radical (unpaired) electrons. The van der Waals surface area contributed by atoms with E-state index in [1.165, 1.54) is 14.2 Å². The van der Waals surface area contributed by atoms with Crippen LogP contribution < -0.4 is 0 Å². The maximum atomic E-state index is 10.2. The van der Waals surface area contributed by atoms with Gasteiger partial charge in [-0.3, -0.25) is 0 Å². The second-order valence-corrected chi connectivity index (χ2v) is 4.70. The van der Waals surface area contributed by atoms with Crippen molar-refractivity contribution < 1.29 is 18.9 Å². The van der Waals surface area contributed by atoms with Crippen molar-refractivity contribution in [1.29, 1.82) is 0 Å². The van der Waals surface area contributed by atoms with E-state index in [9.17, 15) is 4.79 Å². The molecule has 0 amide bonds. The molecule has 0 saturated heterocycles. The van der Waals surface area contributed by atoms with Crippen molar-refractivity contribution in [2.45, 2.75) is 0 Å². The molecule has 6 heteroatoms. The van der Waals surface area contributed by atoms with E-state index in [1.54, 1.807) is 0 Å². The van der Waals surface area contributed by atoms with Crippen LogP contribution in [-0.2, 0) is 20.9 Å². The van der Waals surface area contributed by atoms with E-state index < -0.39 is 12.2 Å². The maximum absolute atomic E-state index is 10.2. The molecule has 0 rings (SSSR count). The Balaban J connectivity index is 4.30. The zero-order chi connectivity index (χ0) is 7.49. The van der Waals surface area contributed by atoms with Crippen LogP contribution in [0.5, 0.6) is 0 Å². The van der Waals surface area contributed by atoms with Crippen LogP contribution in [0, 0.1) is 0 Å². The minimum Gasteiger partial charge on any atom is -0.474 e. The fourth-order valence-corrected chi connectivity index (χ4v) is 0.692. The predicted octanol–water partition coefficient (Wildman–Crippen LogP) is 1.27. The molecule has 0 saturated carbocycles. The van der Waals surface area contributed by atoms with Crippen molar-refractivity contribution in [3.05, 3.63) is 0 Å². The summed E-state index contributed by atoms with van der Waals surface area (Å²) in [6.45, 7) is -3.00. The SMILES string of the molecule is COP(=S)(OC)C(=O)O. The lowest BCUT2D eigenvalue weighted by Crippen LogP contribution is -1.98. The molecule has 0 aromatic carbocycles. The average Bonchev–Trinajstić information content (AvgIpc) is 1.86. The predicted molar refractivity (Wildman–Crippen MR) is 36.3 cm³/mol. The topological polar surface area (TPSA) is 55.8 Å². The highest BCUT2D eigenvalue weighted by Gasteiger charge is 2.25. The van der Waals surface area contributed by atoms with Gasteiger partial charge in [0.2, 0.25) is 0 Å². The van der Waals surface area contributed by atoms with Crippen molar-refractivity contribution in [3.8, 4) is 0 Å². The number of rotatable bonds is 3. The molecule has 0 spiro atoms. The Morgan fingerprint density at radius 3 is 1.89 bits per heavy atom. The van der Waals surface area contributed by atoms with Crippen LogP contribution in [0.1, 0.15) is 0 Å². The molecule has 0 aliphatic rings. The van der Waals surface area contributed by atoms with Gasteiger partial charge in [0.15, 0.2) is 0 Å². The molecule has 4 nitrogen and oxygen atoms in total. The van der Waals surface area contributed by atoms with Gasteiger partial charge in [-0.05, 0) is 11.8 Å². The first-order valence-corrected chi connectivity index (χ1v) is 4.65. The van der Waals surface area contributed by atoms with E-state index in [2.05, 4.69) is 20.9 Å². The van der Waals surface area contributed by atoms with Crippen LogP contribution in [0.2, 0.25) is 0 Å². The summed E-state index contributed by atoms with van der Waals surface area (Å²) in [6, 6.07) is 0. The second-order valence-electron chi connectivity index (χ2n) is 1.15. The Hall–Kier alpha value is 0.0400. The molecule has 0 aliphatic carbocycles. The molecule has 0 fully saturated rings. The highest BCUT2D eigenvalue weighted by Crippen LogP contribution is 2.47. The summed E-state index contributed by atoms with van der Waals surface area (Å²) in [7, 11) is 2.44. The molecule has 0 heterocycles. The van der Waals surface area contributed by atoms with E-state index in [1.807, 2.05) is 0 Å². The number of carbonyl (C=O) groups is 1. The maximum Gasteiger partial charge on any atom is 0.388 e. The molecule has 9 heavy (non-hydrogen) atoms. The summed E-state index contributed by atoms with van der Waals surface area (Å²) in [5, 5.41) is 8.33. The number of hydrogen-bond donors (Lipinski definition) is 1. The molecular weight excluding hydrogens is 163 g/mol. The first-order valence-electron chi connectivity index (χ1n) is 2.02. The summed E-state index contributed by atoms with van der Waals surface area (Å²) in [5.41, 5.74) is -1.21. The van der Waals surface area contributed by atoms with E-state index in [4.69, 9.17) is 5.11 Å². The Bertz CT molecular complexity index is 148. The van der Waals surface area contributed by atoms with Crippen LogP contribution in [0.3, 0.4) is 0 Å². The third-order valence-corrected chi connectivity index (χ3v) is 3.51. The van der Waals surface area contributed by atoms with E-state index in [-0.39, 0.29) is 0 Å². The van der Waals surface area contributed by atoms with Crippen LogP contribution in [0.25, 0.3) is 0 Å². The van der Waals surface area contributed by atoms with Gasteiger partial charge in [0.1, 0.15) is 0 Å². The lowest BCUT2D eigenvalue weighted by Gasteiger charge is -2.10. The lowest BCUT2D eigenvalue weighted by atomic mass is 11.6. The largest absolute Gasteiger partial charge is 0.474 e. The fraction of sp³-hybridized carbons (Fsp3) is 0.667. The molecule has 1 N–H and O–H groups in total. The van der Waals surface area contributed by atoms with E-state index in [0.29, 0.717) is 0 Å². The van der Waals surface area contributed by atoms with Crippen molar-refractivity contribution in [1.82, 2.24) is 0 Å². The second kappa shape index (κ2) is 3.27. The van der Waals surface area contributed by atoms with Gasteiger partial charge in [-0.15, -0.1) is 0 Å². The normalized spacial score (nSPS) is 11.3. The van der Waals surface area contributed by atoms with Gasteiger partial charge in [0.05, 0.1) is 0 Å². The Morgan fingerprint density at radius 2 is 1.89 bits per heavy atom. The van der Waals surface area contributed by atoms with Gasteiger partial charge < -0.3 is 14.2 Å². The molecule has 0 bridgehead atoms. The van der Waals surface area contributed by atoms with Gasteiger partial charge >= 0.3 is 5.71 Å². The first-order chi connectivity index (χ1) is 4.06. The van der Waals surface area contributed by atoms with Crippen molar-refractivity contribution in [2.75, 3.05) is 14.2 Å². The molecular formula is C3H7O4PS. The molecule has 0 aromatic heterocycles. The summed E-state index contributed by atoms with van der Waals surface area (Å²) < 4.78 is 8.91. The van der Waals surface area contributed by atoms with Crippen molar-refractivity contribution in [2.24, 2.45) is 0 Å². The van der Waals surface area contributed by atoms with E-state index in [0.717, 1.165) is 0 Å². The van der Waals surface area contributed by atoms with Gasteiger partial charge in [-0.2, -0.15) is 0 Å². The van der Waals surface area contributed by atoms with Crippen molar-refractivity contribution >= 4 is 24.0 Å². The summed E-state index contributed by atoms with van der Waals surface area (Å²) in [6.07, 6.45) is 0. The molecule has 54 valence electrons. The minimum absolute atomic E-state index is 1.21. The number of carboxylic acid groups (broad SMARTS) is 1. The number of hydrogen-bond acceptors (Lipinski definition) is 4. The Morgan fingerprint density at radius 1 is 1.56 bits per heavy atom. The van der Waals surface area contributed by atoms with Crippen molar-refractivity contribution in [3.63, 3.8) is 0 Å². The zero-order valence-electron chi connectivity index (χ0n) is 5.03. The first kappa shape index (κ1) is 9.04. The highest BCUT2D eigenvalue weighted by atomic mass is 32.5. The monoisotopic (exact) mass is 170 g/mol. The van der Waals surface area contributed by atoms with Gasteiger partial charge in [0, 0.05) is 14.2 Å². The Kier molecular flexibility index (Phi) is 3.28. The quantitative estimate of drug-likeness (QED) is 0.646. The summed E-state index contributed by atoms with van der Waals surface area (Å²) in [4.78, 5) is 10.2. The highest BCUT2D eigenvalue weighted by molar-refractivity contribution is 8.17. The van der Waals surface area contributed by atoms with Gasteiger partial charge in [0.25, 0.3) is 6.49 Å². The third-order valence-electron chi connectivity index (χ3n) is 0.715. The smallest absolute Gasteiger partial charge is 0.388 e. The van der Waals surface area contributed by atoms with E-state index >= 15 is 0 Å². The molecule has 0 aliphatic heterocycles. The van der Waals surface area contributed by atoms with Crippen LogP contribution in [0.4, 0.5) is 4.79 Å². The average molecular weight is 170 g/mol. The summed E-state index contributed by atoms with van der Waals surface area (Å²) in [5.74, 6) is 0. The molecule has 0 atom stereocenters. The zero-order valence-corrected chi connectivity index (χ0v) is 6.74. The fourth-order valence-electron chi connectivity index (χ4n) is 0.231. The van der Waals surface area contributed by atoms with Gasteiger partial charge in [-0.1, -0.05) is 0 Å². The Labute approximate surface area is 57.9 Å².